The summed E-state index contributed by atoms with van der Waals surface area (Å²) < 4.78 is 10.7. The molecule has 138 valence electrons. The van der Waals surface area contributed by atoms with Crippen molar-refractivity contribution in [1.29, 1.82) is 0 Å². The Labute approximate surface area is 153 Å². The standard InChI is InChI=1S/C18H25ClN2O4/c1-5-9-20-18(23)12(3)21-16(22)8-7-13-10-14(19)17(24-4)15(11-13)25-6-2/h7-8,10-12H,5-6,9H2,1-4H3,(H,20,23)(H,21,22)/b8-7+/t12-/m1/s1. The maximum absolute atomic E-state index is 12.0. The van der Waals surface area contributed by atoms with Crippen molar-refractivity contribution in [1.82, 2.24) is 10.6 Å². The van der Waals surface area contributed by atoms with Crippen LogP contribution >= 0.6 is 11.6 Å². The second-order valence-electron chi connectivity index (χ2n) is 5.32. The number of hydrogen-bond acceptors (Lipinski definition) is 4. The van der Waals surface area contributed by atoms with E-state index >= 15 is 0 Å². The van der Waals surface area contributed by atoms with Crippen molar-refractivity contribution in [2.45, 2.75) is 33.2 Å². The van der Waals surface area contributed by atoms with Crippen molar-refractivity contribution in [2.24, 2.45) is 0 Å². The Morgan fingerprint density at radius 2 is 2.04 bits per heavy atom. The van der Waals surface area contributed by atoms with Crippen molar-refractivity contribution < 1.29 is 19.1 Å². The molecular weight excluding hydrogens is 344 g/mol. The van der Waals surface area contributed by atoms with Gasteiger partial charge in [-0.05, 0) is 44.0 Å². The van der Waals surface area contributed by atoms with Gasteiger partial charge in [-0.3, -0.25) is 9.59 Å². The molecule has 1 aromatic rings. The van der Waals surface area contributed by atoms with Gasteiger partial charge in [0.1, 0.15) is 6.04 Å². The fourth-order valence-corrected chi connectivity index (χ4v) is 2.34. The van der Waals surface area contributed by atoms with Gasteiger partial charge >= 0.3 is 0 Å². The number of carbonyl (C=O) groups is 2. The van der Waals surface area contributed by atoms with Crippen molar-refractivity contribution in [3.63, 3.8) is 0 Å². The van der Waals surface area contributed by atoms with Crippen LogP contribution in [-0.4, -0.2) is 38.1 Å². The van der Waals surface area contributed by atoms with E-state index in [2.05, 4.69) is 10.6 Å². The first-order valence-corrected chi connectivity index (χ1v) is 8.57. The van der Waals surface area contributed by atoms with Crippen LogP contribution in [0.4, 0.5) is 0 Å². The Bertz CT molecular complexity index is 632. The summed E-state index contributed by atoms with van der Waals surface area (Å²) in [4.78, 5) is 23.7. The molecule has 0 heterocycles. The number of methoxy groups -OCH3 is 1. The van der Waals surface area contributed by atoms with E-state index in [0.29, 0.717) is 35.2 Å². The first-order chi connectivity index (χ1) is 11.9. The second-order valence-corrected chi connectivity index (χ2v) is 5.73. The van der Waals surface area contributed by atoms with E-state index in [1.807, 2.05) is 13.8 Å². The van der Waals surface area contributed by atoms with Crippen molar-refractivity contribution >= 4 is 29.5 Å². The van der Waals surface area contributed by atoms with Crippen LogP contribution in [0.3, 0.4) is 0 Å². The molecule has 25 heavy (non-hydrogen) atoms. The number of rotatable bonds is 9. The molecule has 6 nitrogen and oxygen atoms in total. The number of nitrogens with one attached hydrogen (secondary N) is 2. The summed E-state index contributed by atoms with van der Waals surface area (Å²) >= 11 is 6.17. The number of carbonyl (C=O) groups excluding carboxylic acids is 2. The SMILES string of the molecule is CCCNC(=O)[C@@H](C)NC(=O)/C=C/c1cc(Cl)c(OC)c(OCC)c1. The molecule has 0 saturated heterocycles. The van der Waals surface area contributed by atoms with Crippen molar-refractivity contribution in [3.05, 3.63) is 28.8 Å². The minimum absolute atomic E-state index is 0.213. The smallest absolute Gasteiger partial charge is 0.244 e. The molecule has 0 fully saturated rings. The van der Waals surface area contributed by atoms with Crippen LogP contribution in [-0.2, 0) is 9.59 Å². The summed E-state index contributed by atoms with van der Waals surface area (Å²) in [5.74, 6) is 0.370. The Balaban J connectivity index is 2.77. The van der Waals surface area contributed by atoms with Crippen molar-refractivity contribution in [2.75, 3.05) is 20.3 Å². The van der Waals surface area contributed by atoms with E-state index in [1.165, 1.54) is 13.2 Å². The Kier molecular flexibility index (Phi) is 8.84. The molecule has 2 amide bonds. The first kappa shape index (κ1) is 20.8. The molecule has 0 bridgehead atoms. The minimum Gasteiger partial charge on any atom is -0.491 e. The molecule has 0 aliphatic carbocycles. The van der Waals surface area contributed by atoms with Gasteiger partial charge < -0.3 is 20.1 Å². The monoisotopic (exact) mass is 368 g/mol. The normalized spacial score (nSPS) is 11.9. The molecule has 1 atom stereocenters. The van der Waals surface area contributed by atoms with Gasteiger partial charge in [-0.25, -0.2) is 0 Å². The fraction of sp³-hybridized carbons (Fsp3) is 0.444. The van der Waals surface area contributed by atoms with E-state index in [1.54, 1.807) is 25.1 Å². The molecule has 0 unspecified atom stereocenters. The van der Waals surface area contributed by atoms with Crippen molar-refractivity contribution in [3.8, 4) is 11.5 Å². The lowest BCUT2D eigenvalue weighted by atomic mass is 10.2. The Morgan fingerprint density at radius 1 is 1.32 bits per heavy atom. The average molecular weight is 369 g/mol. The topological polar surface area (TPSA) is 76.7 Å². The van der Waals surface area contributed by atoms with Gasteiger partial charge in [0, 0.05) is 12.6 Å². The van der Waals surface area contributed by atoms with E-state index in [4.69, 9.17) is 21.1 Å². The highest BCUT2D eigenvalue weighted by Crippen LogP contribution is 2.36. The maximum atomic E-state index is 12.0. The van der Waals surface area contributed by atoms with Crippen LogP contribution in [0.1, 0.15) is 32.8 Å². The first-order valence-electron chi connectivity index (χ1n) is 8.19. The minimum atomic E-state index is -0.609. The number of amides is 2. The van der Waals surface area contributed by atoms with Gasteiger partial charge in [-0.2, -0.15) is 0 Å². The maximum Gasteiger partial charge on any atom is 0.244 e. The Morgan fingerprint density at radius 3 is 2.64 bits per heavy atom. The summed E-state index contributed by atoms with van der Waals surface area (Å²) in [5, 5.41) is 5.73. The average Bonchev–Trinajstić information content (AvgIpc) is 2.58. The molecule has 1 aromatic carbocycles. The molecule has 7 heteroatoms. The number of ether oxygens (including phenoxy) is 2. The predicted octanol–water partition coefficient (Wildman–Crippen LogP) is 2.79. The van der Waals surface area contributed by atoms with E-state index in [9.17, 15) is 9.59 Å². The van der Waals surface area contributed by atoms with Crippen LogP contribution in [0.15, 0.2) is 18.2 Å². The highest BCUT2D eigenvalue weighted by Gasteiger charge is 2.14. The van der Waals surface area contributed by atoms with Crippen LogP contribution in [0.5, 0.6) is 11.5 Å². The molecular formula is C18H25ClN2O4. The van der Waals surface area contributed by atoms with Gasteiger partial charge in [-0.15, -0.1) is 0 Å². The largest absolute Gasteiger partial charge is 0.491 e. The lowest BCUT2D eigenvalue weighted by molar-refractivity contribution is -0.126. The van der Waals surface area contributed by atoms with Crippen LogP contribution in [0.2, 0.25) is 5.02 Å². The fourth-order valence-electron chi connectivity index (χ4n) is 2.05. The van der Waals surface area contributed by atoms with Gasteiger partial charge in [0.2, 0.25) is 11.8 Å². The zero-order valence-corrected chi connectivity index (χ0v) is 15.8. The summed E-state index contributed by atoms with van der Waals surface area (Å²) in [6.07, 6.45) is 3.78. The van der Waals surface area contributed by atoms with Gasteiger partial charge in [0.05, 0.1) is 18.7 Å². The molecule has 0 saturated carbocycles. The quantitative estimate of drug-likeness (QED) is 0.657. The summed E-state index contributed by atoms with van der Waals surface area (Å²) in [5.41, 5.74) is 0.687. The zero-order chi connectivity index (χ0) is 18.8. The van der Waals surface area contributed by atoms with E-state index in [-0.39, 0.29) is 11.8 Å². The van der Waals surface area contributed by atoms with Gasteiger partial charge in [0.25, 0.3) is 0 Å². The van der Waals surface area contributed by atoms with E-state index in [0.717, 1.165) is 6.42 Å². The molecule has 0 aliphatic rings. The molecule has 0 radical (unpaired) electrons. The predicted molar refractivity (Wildman–Crippen MR) is 99.1 cm³/mol. The molecule has 0 aromatic heterocycles. The molecule has 1 rings (SSSR count). The summed E-state index contributed by atoms with van der Waals surface area (Å²) in [6, 6.07) is 2.79. The second kappa shape index (κ2) is 10.6. The summed E-state index contributed by atoms with van der Waals surface area (Å²) in [7, 11) is 1.51. The number of hydrogen-bond donors (Lipinski definition) is 2. The lowest BCUT2D eigenvalue weighted by Crippen LogP contribution is -2.44. The molecule has 2 N–H and O–H groups in total. The zero-order valence-electron chi connectivity index (χ0n) is 15.0. The third kappa shape index (κ3) is 6.66. The number of halogens is 1. The third-order valence-corrected chi connectivity index (χ3v) is 3.55. The lowest BCUT2D eigenvalue weighted by Gasteiger charge is -2.13. The van der Waals surface area contributed by atoms with Gasteiger partial charge in [-0.1, -0.05) is 18.5 Å². The molecule has 0 aliphatic heterocycles. The summed E-state index contributed by atoms with van der Waals surface area (Å²) in [6.45, 7) is 6.50. The van der Waals surface area contributed by atoms with Crippen LogP contribution in [0, 0.1) is 0 Å². The van der Waals surface area contributed by atoms with Crippen LogP contribution < -0.4 is 20.1 Å². The number of benzene rings is 1. The molecule has 0 spiro atoms. The third-order valence-electron chi connectivity index (χ3n) is 3.26. The highest BCUT2D eigenvalue weighted by molar-refractivity contribution is 6.32. The van der Waals surface area contributed by atoms with Gasteiger partial charge in [0.15, 0.2) is 11.5 Å². The highest BCUT2D eigenvalue weighted by atomic mass is 35.5. The Hall–Kier alpha value is -2.21. The van der Waals surface area contributed by atoms with E-state index < -0.39 is 6.04 Å². The van der Waals surface area contributed by atoms with Crippen LogP contribution in [0.25, 0.3) is 6.08 Å².